The fraction of sp³-hybridized carbons (Fsp3) is 0.0625. The van der Waals surface area contributed by atoms with Gasteiger partial charge in [0, 0.05) is 22.5 Å². The van der Waals surface area contributed by atoms with Gasteiger partial charge in [0.1, 0.15) is 0 Å². The van der Waals surface area contributed by atoms with E-state index >= 15 is 0 Å². The Bertz CT molecular complexity index is 3750. The van der Waals surface area contributed by atoms with Gasteiger partial charge >= 0.3 is 0 Å². The van der Waals surface area contributed by atoms with E-state index < -0.39 is 5.41 Å². The van der Waals surface area contributed by atoms with Gasteiger partial charge in [0.2, 0.25) is 0 Å². The van der Waals surface area contributed by atoms with Crippen LogP contribution in [-0.4, -0.2) is 0 Å². The molecule has 0 saturated carbocycles. The molecule has 0 bridgehead atoms. The highest BCUT2D eigenvalue weighted by molar-refractivity contribution is 6.26. The number of nitrogens with zero attached hydrogens (tertiary/aromatic N) is 1. The van der Waals surface area contributed by atoms with E-state index in [0.29, 0.717) is 0 Å². The molecule has 0 saturated heterocycles. The first-order chi connectivity index (χ1) is 32.0. The number of anilines is 3. The lowest BCUT2D eigenvalue weighted by molar-refractivity contribution is 0.660. The Balaban J connectivity index is 1.05. The van der Waals surface area contributed by atoms with E-state index in [2.05, 4.69) is 243 Å². The summed E-state index contributed by atoms with van der Waals surface area (Å²) in [7, 11) is 0. The lowest BCUT2D eigenvalue weighted by Gasteiger charge is -2.33. The van der Waals surface area contributed by atoms with Crippen LogP contribution in [0.1, 0.15) is 47.2 Å². The van der Waals surface area contributed by atoms with Gasteiger partial charge in [-0.25, -0.2) is 0 Å². The highest BCUT2D eigenvalue weighted by Gasteiger charge is 2.52. The van der Waals surface area contributed by atoms with Gasteiger partial charge in [-0.3, -0.25) is 0 Å². The third-order valence-electron chi connectivity index (χ3n) is 15.3. The highest BCUT2D eigenvalue weighted by atomic mass is 15.1. The lowest BCUT2D eigenvalue weighted by atomic mass is 9.70. The molecule has 304 valence electrons. The fourth-order valence-corrected chi connectivity index (χ4v) is 12.4. The van der Waals surface area contributed by atoms with E-state index in [9.17, 15) is 0 Å². The van der Waals surface area contributed by atoms with Gasteiger partial charge in [-0.05, 0) is 159 Å². The van der Waals surface area contributed by atoms with Crippen molar-refractivity contribution in [3.8, 4) is 44.5 Å². The summed E-state index contributed by atoms with van der Waals surface area (Å²) in [6.45, 7) is 4.75. The first kappa shape index (κ1) is 36.5. The first-order valence-corrected chi connectivity index (χ1v) is 22.9. The largest absolute Gasteiger partial charge is 0.310 e. The molecule has 3 aliphatic carbocycles. The molecular formula is C64H43N. The van der Waals surface area contributed by atoms with Crippen LogP contribution in [0, 0.1) is 0 Å². The molecule has 0 N–H and O–H groups in total. The van der Waals surface area contributed by atoms with Crippen molar-refractivity contribution in [2.75, 3.05) is 4.90 Å². The average Bonchev–Trinajstić information content (AvgIpc) is 3.92. The van der Waals surface area contributed by atoms with E-state index in [1.165, 1.54) is 110 Å². The highest BCUT2D eigenvalue weighted by Crippen LogP contribution is 2.64. The van der Waals surface area contributed by atoms with Crippen LogP contribution in [0.4, 0.5) is 17.1 Å². The number of hydrogen-bond donors (Lipinski definition) is 0. The molecule has 0 atom stereocenters. The minimum atomic E-state index is -0.529. The summed E-state index contributed by atoms with van der Waals surface area (Å²) in [6.07, 6.45) is 0. The molecular weight excluding hydrogens is 783 g/mol. The minimum absolute atomic E-state index is 0.137. The van der Waals surface area contributed by atoms with Crippen molar-refractivity contribution in [1.29, 1.82) is 0 Å². The number of fused-ring (bicyclic) bond motifs is 19. The SMILES string of the molecule is CC1(C)c2ccccc2-c2ccc(N(c3ccc(-c4ccccc4)cc3)c3ccc4c(c3)C3(c5ccccc5-c5ccccc53)c3cc5c6ccccc6c6ccccc6c5cc3-4)cc21. The minimum Gasteiger partial charge on any atom is -0.310 e. The second kappa shape index (κ2) is 13.3. The Morgan fingerprint density at radius 2 is 0.662 bits per heavy atom. The van der Waals surface area contributed by atoms with Gasteiger partial charge in [0.25, 0.3) is 0 Å². The van der Waals surface area contributed by atoms with Gasteiger partial charge < -0.3 is 4.90 Å². The molecule has 11 aromatic carbocycles. The van der Waals surface area contributed by atoms with Crippen LogP contribution in [0.2, 0.25) is 0 Å². The maximum absolute atomic E-state index is 2.57. The van der Waals surface area contributed by atoms with Crippen LogP contribution in [0.15, 0.2) is 224 Å². The van der Waals surface area contributed by atoms with Crippen molar-refractivity contribution in [3.63, 3.8) is 0 Å². The molecule has 1 spiro atoms. The molecule has 1 heteroatoms. The second-order valence-electron chi connectivity index (χ2n) is 18.8. The Labute approximate surface area is 379 Å². The van der Waals surface area contributed by atoms with E-state index in [0.717, 1.165) is 17.1 Å². The number of hydrogen-bond acceptors (Lipinski definition) is 1. The molecule has 0 unspecified atom stereocenters. The normalized spacial score (nSPS) is 14.2. The lowest BCUT2D eigenvalue weighted by Crippen LogP contribution is -2.26. The zero-order valence-electron chi connectivity index (χ0n) is 36.3. The third-order valence-corrected chi connectivity index (χ3v) is 15.3. The summed E-state index contributed by atoms with van der Waals surface area (Å²) in [6, 6.07) is 84.7. The van der Waals surface area contributed by atoms with E-state index in [1.807, 2.05) is 0 Å². The monoisotopic (exact) mass is 825 g/mol. The second-order valence-corrected chi connectivity index (χ2v) is 18.8. The topological polar surface area (TPSA) is 3.24 Å². The molecule has 11 aromatic rings. The van der Waals surface area contributed by atoms with Crippen LogP contribution in [0.3, 0.4) is 0 Å². The summed E-state index contributed by atoms with van der Waals surface area (Å²) in [5.74, 6) is 0. The third kappa shape index (κ3) is 4.88. The first-order valence-electron chi connectivity index (χ1n) is 22.9. The van der Waals surface area contributed by atoms with Gasteiger partial charge in [-0.15, -0.1) is 0 Å². The van der Waals surface area contributed by atoms with Crippen LogP contribution >= 0.6 is 0 Å². The summed E-state index contributed by atoms with van der Waals surface area (Å²) < 4.78 is 0. The van der Waals surface area contributed by atoms with Crippen LogP contribution in [-0.2, 0) is 10.8 Å². The quantitative estimate of drug-likeness (QED) is 0.160. The average molecular weight is 826 g/mol. The molecule has 0 fully saturated rings. The zero-order valence-corrected chi connectivity index (χ0v) is 36.3. The van der Waals surface area contributed by atoms with Crippen LogP contribution < -0.4 is 4.90 Å². The standard InChI is InChI=1S/C64H43N/c1-63(2)57-25-13-10-22-49(57)52-34-32-43(36-60(52)63)65(42-30-28-41(29-31-42)40-16-4-3-5-17-40)44-33-35-53-56-38-54-47-20-8-6-18-45(47)46-19-7-9-21-48(46)55(54)39-62(56)64(61(53)37-44)58-26-14-11-23-50(58)51-24-12-15-27-59(51)64/h3-39H,1-2H3. The van der Waals surface area contributed by atoms with E-state index in [4.69, 9.17) is 0 Å². The molecule has 0 heterocycles. The Morgan fingerprint density at radius 1 is 0.262 bits per heavy atom. The predicted octanol–water partition coefficient (Wildman–Crippen LogP) is 16.9. The van der Waals surface area contributed by atoms with E-state index in [1.54, 1.807) is 0 Å². The molecule has 0 aliphatic heterocycles. The smallest absolute Gasteiger partial charge is 0.0726 e. The predicted molar refractivity (Wildman–Crippen MR) is 273 cm³/mol. The Hall–Kier alpha value is -8.00. The van der Waals surface area contributed by atoms with Gasteiger partial charge in [0.15, 0.2) is 0 Å². The van der Waals surface area contributed by atoms with Crippen molar-refractivity contribution < 1.29 is 0 Å². The van der Waals surface area contributed by atoms with Crippen molar-refractivity contribution >= 4 is 49.4 Å². The summed E-state index contributed by atoms with van der Waals surface area (Å²) in [5.41, 5.74) is 21.2. The van der Waals surface area contributed by atoms with Crippen LogP contribution in [0.5, 0.6) is 0 Å². The molecule has 65 heavy (non-hydrogen) atoms. The van der Waals surface area contributed by atoms with Crippen molar-refractivity contribution in [1.82, 2.24) is 0 Å². The fourth-order valence-electron chi connectivity index (χ4n) is 12.4. The Kier molecular flexibility index (Phi) is 7.45. The van der Waals surface area contributed by atoms with E-state index in [-0.39, 0.29) is 5.41 Å². The molecule has 0 amide bonds. The molecule has 0 aromatic heterocycles. The summed E-state index contributed by atoms with van der Waals surface area (Å²) in [5, 5.41) is 7.78. The van der Waals surface area contributed by atoms with Gasteiger partial charge in [0.05, 0.1) is 5.41 Å². The maximum Gasteiger partial charge on any atom is 0.0726 e. The van der Waals surface area contributed by atoms with Crippen molar-refractivity contribution in [2.24, 2.45) is 0 Å². The number of rotatable bonds is 4. The number of benzene rings is 11. The maximum atomic E-state index is 2.57. The van der Waals surface area contributed by atoms with Crippen molar-refractivity contribution in [2.45, 2.75) is 24.7 Å². The molecule has 14 rings (SSSR count). The Morgan fingerprint density at radius 3 is 1.26 bits per heavy atom. The van der Waals surface area contributed by atoms with Gasteiger partial charge in [-0.2, -0.15) is 0 Å². The molecule has 1 nitrogen and oxygen atoms in total. The molecule has 3 aliphatic rings. The van der Waals surface area contributed by atoms with Crippen LogP contribution in [0.25, 0.3) is 76.8 Å². The summed E-state index contributed by atoms with van der Waals surface area (Å²) in [4.78, 5) is 2.50. The summed E-state index contributed by atoms with van der Waals surface area (Å²) >= 11 is 0. The van der Waals surface area contributed by atoms with Gasteiger partial charge in [-0.1, -0.05) is 190 Å². The van der Waals surface area contributed by atoms with Crippen molar-refractivity contribution in [3.05, 3.63) is 258 Å². The molecule has 0 radical (unpaired) electrons. The zero-order chi connectivity index (χ0) is 43.0.